The zero-order valence-electron chi connectivity index (χ0n) is 10.7. The van der Waals surface area contributed by atoms with Gasteiger partial charge < -0.3 is 9.88 Å². The summed E-state index contributed by atoms with van der Waals surface area (Å²) in [5.41, 5.74) is -0.473. The van der Waals surface area contributed by atoms with Crippen LogP contribution in [0.3, 0.4) is 0 Å². The molecule has 0 bridgehead atoms. The maximum atomic E-state index is 12.6. The van der Waals surface area contributed by atoms with E-state index in [0.29, 0.717) is 12.0 Å². The van der Waals surface area contributed by atoms with Crippen LogP contribution in [0.5, 0.6) is 0 Å². The molecule has 0 aliphatic carbocycles. The van der Waals surface area contributed by atoms with Gasteiger partial charge in [-0.2, -0.15) is 13.2 Å². The molecule has 0 radical (unpaired) electrons. The van der Waals surface area contributed by atoms with Crippen LogP contribution in [-0.2, 0) is 17.5 Å². The van der Waals surface area contributed by atoms with Crippen molar-refractivity contribution in [1.29, 1.82) is 0 Å². The first-order valence-electron chi connectivity index (χ1n) is 5.97. The first-order chi connectivity index (χ1) is 9.90. The Hall–Kier alpha value is -2.57. The Labute approximate surface area is 118 Å². The van der Waals surface area contributed by atoms with Crippen LogP contribution in [0.4, 0.5) is 18.9 Å². The van der Waals surface area contributed by atoms with Crippen molar-refractivity contribution < 1.29 is 22.8 Å². The molecule has 21 heavy (non-hydrogen) atoms. The van der Waals surface area contributed by atoms with Gasteiger partial charge in [-0.1, -0.05) is 6.07 Å². The van der Waals surface area contributed by atoms with E-state index in [4.69, 9.17) is 0 Å². The molecule has 1 aromatic heterocycles. The standard InChI is InChI=1S/C14H11F3N2O2/c15-14(16,17)10-3-1-4-11(7-10)18-13(21)8-19-6-2-5-12(19)9-20/h1-7,9H,8H2,(H,18,21). The minimum Gasteiger partial charge on any atom is -0.336 e. The fourth-order valence-electron chi connectivity index (χ4n) is 1.81. The van der Waals surface area contributed by atoms with E-state index in [2.05, 4.69) is 5.32 Å². The first-order valence-corrected chi connectivity index (χ1v) is 5.97. The summed E-state index contributed by atoms with van der Waals surface area (Å²) in [6.07, 6.45) is -2.33. The Bertz CT molecular complexity index is 662. The highest BCUT2D eigenvalue weighted by Gasteiger charge is 2.30. The summed E-state index contributed by atoms with van der Waals surface area (Å²) in [6, 6.07) is 7.49. The van der Waals surface area contributed by atoms with E-state index in [1.54, 1.807) is 6.07 Å². The lowest BCUT2D eigenvalue weighted by Crippen LogP contribution is -2.19. The molecule has 4 nitrogen and oxygen atoms in total. The van der Waals surface area contributed by atoms with Gasteiger partial charge in [0.2, 0.25) is 5.91 Å². The van der Waals surface area contributed by atoms with Gasteiger partial charge in [0.15, 0.2) is 6.29 Å². The summed E-state index contributed by atoms with van der Waals surface area (Å²) in [6.45, 7) is -0.155. The third-order valence-electron chi connectivity index (χ3n) is 2.77. The fraction of sp³-hybridized carbons (Fsp3) is 0.143. The van der Waals surface area contributed by atoms with E-state index in [0.717, 1.165) is 12.1 Å². The van der Waals surface area contributed by atoms with Crippen molar-refractivity contribution in [2.75, 3.05) is 5.32 Å². The number of rotatable bonds is 4. The molecule has 110 valence electrons. The molecule has 1 heterocycles. The molecule has 1 aromatic carbocycles. The number of amides is 1. The van der Waals surface area contributed by atoms with Gasteiger partial charge in [-0.3, -0.25) is 9.59 Å². The molecule has 0 fully saturated rings. The van der Waals surface area contributed by atoms with Crippen LogP contribution in [0.25, 0.3) is 0 Å². The molecular weight excluding hydrogens is 285 g/mol. The highest BCUT2D eigenvalue weighted by atomic mass is 19.4. The highest BCUT2D eigenvalue weighted by Crippen LogP contribution is 2.30. The van der Waals surface area contributed by atoms with Crippen LogP contribution >= 0.6 is 0 Å². The number of alkyl halides is 3. The lowest BCUT2D eigenvalue weighted by atomic mass is 10.2. The van der Waals surface area contributed by atoms with E-state index in [-0.39, 0.29) is 12.2 Å². The summed E-state index contributed by atoms with van der Waals surface area (Å²) < 4.78 is 39.1. The summed E-state index contributed by atoms with van der Waals surface area (Å²) in [5, 5.41) is 2.37. The molecule has 0 saturated heterocycles. The second-order valence-corrected chi connectivity index (χ2v) is 4.31. The predicted octanol–water partition coefficient (Wildman–Crippen LogP) is 2.96. The van der Waals surface area contributed by atoms with Crippen LogP contribution in [0.1, 0.15) is 16.1 Å². The molecule has 0 aliphatic heterocycles. The Morgan fingerprint density at radius 3 is 2.67 bits per heavy atom. The topological polar surface area (TPSA) is 51.1 Å². The van der Waals surface area contributed by atoms with E-state index in [1.807, 2.05) is 0 Å². The molecule has 1 amide bonds. The number of carbonyl (C=O) groups is 2. The van der Waals surface area contributed by atoms with E-state index in [9.17, 15) is 22.8 Å². The number of hydrogen-bond acceptors (Lipinski definition) is 2. The molecule has 0 saturated carbocycles. The summed E-state index contributed by atoms with van der Waals surface area (Å²) in [5.74, 6) is -0.520. The van der Waals surface area contributed by atoms with E-state index < -0.39 is 17.6 Å². The smallest absolute Gasteiger partial charge is 0.336 e. The van der Waals surface area contributed by atoms with Gasteiger partial charge in [-0.05, 0) is 30.3 Å². The van der Waals surface area contributed by atoms with Gasteiger partial charge in [0.1, 0.15) is 6.54 Å². The number of anilines is 1. The number of nitrogens with zero attached hydrogens (tertiary/aromatic N) is 1. The van der Waals surface area contributed by atoms with Crippen molar-refractivity contribution in [1.82, 2.24) is 4.57 Å². The molecule has 2 aromatic rings. The summed E-state index contributed by atoms with van der Waals surface area (Å²) in [4.78, 5) is 22.5. The summed E-state index contributed by atoms with van der Waals surface area (Å²) >= 11 is 0. The average molecular weight is 296 g/mol. The van der Waals surface area contributed by atoms with Crippen LogP contribution < -0.4 is 5.32 Å². The Morgan fingerprint density at radius 2 is 2.00 bits per heavy atom. The van der Waals surface area contributed by atoms with Crippen molar-refractivity contribution in [3.8, 4) is 0 Å². The maximum Gasteiger partial charge on any atom is 0.416 e. The zero-order valence-corrected chi connectivity index (χ0v) is 10.7. The number of aromatic nitrogens is 1. The van der Waals surface area contributed by atoms with Crippen molar-refractivity contribution >= 4 is 17.9 Å². The number of aldehydes is 1. The average Bonchev–Trinajstić information content (AvgIpc) is 2.85. The normalized spacial score (nSPS) is 11.2. The van der Waals surface area contributed by atoms with Crippen LogP contribution in [0.15, 0.2) is 42.6 Å². The van der Waals surface area contributed by atoms with Gasteiger partial charge in [0.05, 0.1) is 11.3 Å². The maximum absolute atomic E-state index is 12.6. The minimum atomic E-state index is -4.47. The largest absolute Gasteiger partial charge is 0.416 e. The van der Waals surface area contributed by atoms with Crippen molar-refractivity contribution in [3.05, 3.63) is 53.9 Å². The van der Waals surface area contributed by atoms with Crippen LogP contribution in [0.2, 0.25) is 0 Å². The highest BCUT2D eigenvalue weighted by molar-refractivity contribution is 5.91. The van der Waals surface area contributed by atoms with Crippen molar-refractivity contribution in [2.45, 2.75) is 12.7 Å². The van der Waals surface area contributed by atoms with Gasteiger partial charge >= 0.3 is 6.18 Å². The number of halogens is 3. The predicted molar refractivity (Wildman–Crippen MR) is 69.9 cm³/mol. The SMILES string of the molecule is O=Cc1cccn1CC(=O)Nc1cccc(C(F)(F)F)c1. The second-order valence-electron chi connectivity index (χ2n) is 4.31. The summed E-state index contributed by atoms with van der Waals surface area (Å²) in [7, 11) is 0. The Morgan fingerprint density at radius 1 is 1.24 bits per heavy atom. The van der Waals surface area contributed by atoms with Crippen LogP contribution in [-0.4, -0.2) is 16.8 Å². The minimum absolute atomic E-state index is 0.0506. The number of carbonyl (C=O) groups excluding carboxylic acids is 2. The molecule has 0 atom stereocenters. The second kappa shape index (κ2) is 5.82. The monoisotopic (exact) mass is 296 g/mol. The van der Waals surface area contributed by atoms with Crippen LogP contribution in [0, 0.1) is 0 Å². The van der Waals surface area contributed by atoms with Gasteiger partial charge in [0.25, 0.3) is 0 Å². The quantitative estimate of drug-likeness (QED) is 0.882. The van der Waals surface area contributed by atoms with E-state index in [1.165, 1.54) is 29.0 Å². The lowest BCUT2D eigenvalue weighted by molar-refractivity contribution is -0.137. The molecular formula is C14H11F3N2O2. The van der Waals surface area contributed by atoms with E-state index >= 15 is 0 Å². The lowest BCUT2D eigenvalue weighted by Gasteiger charge is -2.10. The third kappa shape index (κ3) is 3.71. The van der Waals surface area contributed by atoms with Gasteiger partial charge in [0, 0.05) is 11.9 Å². The van der Waals surface area contributed by atoms with Crippen molar-refractivity contribution in [3.63, 3.8) is 0 Å². The molecule has 0 unspecified atom stereocenters. The number of nitrogens with one attached hydrogen (secondary N) is 1. The molecule has 2 rings (SSSR count). The number of hydrogen-bond donors (Lipinski definition) is 1. The molecule has 0 aliphatic rings. The third-order valence-corrected chi connectivity index (χ3v) is 2.77. The Balaban J connectivity index is 2.08. The molecule has 0 spiro atoms. The van der Waals surface area contributed by atoms with Gasteiger partial charge in [-0.25, -0.2) is 0 Å². The molecule has 7 heteroatoms. The van der Waals surface area contributed by atoms with Gasteiger partial charge in [-0.15, -0.1) is 0 Å². The Kier molecular flexibility index (Phi) is 4.11. The first kappa shape index (κ1) is 14.8. The molecule has 1 N–H and O–H groups in total. The van der Waals surface area contributed by atoms with Crippen molar-refractivity contribution in [2.24, 2.45) is 0 Å². The zero-order chi connectivity index (χ0) is 15.5. The number of benzene rings is 1. The fourth-order valence-corrected chi connectivity index (χ4v) is 1.81.